The van der Waals surface area contributed by atoms with Gasteiger partial charge >= 0.3 is 6.18 Å². The van der Waals surface area contributed by atoms with Crippen LogP contribution in [0.4, 0.5) is 18.9 Å². The van der Waals surface area contributed by atoms with Crippen molar-refractivity contribution in [2.45, 2.75) is 13.1 Å². The Bertz CT molecular complexity index is 1240. The van der Waals surface area contributed by atoms with Gasteiger partial charge in [0.15, 0.2) is 5.69 Å². The van der Waals surface area contributed by atoms with E-state index in [2.05, 4.69) is 10.4 Å². The molecule has 0 spiro atoms. The van der Waals surface area contributed by atoms with Gasteiger partial charge in [0.2, 0.25) is 5.43 Å². The molecule has 0 atom stereocenters. The number of aryl methyl sites for hydroxylation is 1. The second-order valence-electron chi connectivity index (χ2n) is 6.60. The number of ether oxygens (including phenoxy) is 2. The van der Waals surface area contributed by atoms with Crippen molar-refractivity contribution in [1.29, 1.82) is 0 Å². The van der Waals surface area contributed by atoms with Crippen LogP contribution in [0.5, 0.6) is 11.5 Å². The number of alkyl halides is 3. The van der Waals surface area contributed by atoms with Crippen molar-refractivity contribution in [1.82, 2.24) is 9.78 Å². The summed E-state index contributed by atoms with van der Waals surface area (Å²) in [5.74, 6) is -0.436. The van der Waals surface area contributed by atoms with E-state index in [0.29, 0.717) is 0 Å². The molecule has 0 aliphatic rings. The summed E-state index contributed by atoms with van der Waals surface area (Å²) < 4.78 is 50.6. The zero-order valence-electron chi connectivity index (χ0n) is 17.1. The third-order valence-corrected chi connectivity index (χ3v) is 4.76. The lowest BCUT2D eigenvalue weighted by Crippen LogP contribution is -2.27. The van der Waals surface area contributed by atoms with Crippen molar-refractivity contribution in [3.8, 4) is 17.2 Å². The summed E-state index contributed by atoms with van der Waals surface area (Å²) in [6, 6.07) is 8.31. The molecule has 0 bridgehead atoms. The van der Waals surface area contributed by atoms with Crippen molar-refractivity contribution >= 4 is 23.2 Å². The Hall–Kier alpha value is -3.53. The van der Waals surface area contributed by atoms with Crippen molar-refractivity contribution in [3.63, 3.8) is 0 Å². The highest BCUT2D eigenvalue weighted by Gasteiger charge is 2.30. The minimum atomic E-state index is -4.56. The molecule has 0 saturated heterocycles. The Morgan fingerprint density at radius 2 is 1.78 bits per heavy atom. The molecule has 32 heavy (non-hydrogen) atoms. The maximum Gasteiger partial charge on any atom is 0.416 e. The molecule has 1 amide bonds. The summed E-state index contributed by atoms with van der Waals surface area (Å²) in [4.78, 5) is 25.2. The van der Waals surface area contributed by atoms with E-state index in [1.165, 1.54) is 45.4 Å². The third-order valence-electron chi connectivity index (χ3n) is 4.46. The molecular weight excluding hydrogens is 451 g/mol. The number of hydrogen-bond donors (Lipinski definition) is 1. The van der Waals surface area contributed by atoms with Crippen LogP contribution >= 0.6 is 11.6 Å². The van der Waals surface area contributed by atoms with Gasteiger partial charge in [0.1, 0.15) is 11.5 Å². The van der Waals surface area contributed by atoms with Crippen molar-refractivity contribution in [2.75, 3.05) is 19.5 Å². The van der Waals surface area contributed by atoms with Crippen LogP contribution in [0.1, 0.15) is 21.7 Å². The quantitative estimate of drug-likeness (QED) is 0.598. The molecule has 168 valence electrons. The Balaban J connectivity index is 2.04. The second-order valence-corrected chi connectivity index (χ2v) is 7.01. The fourth-order valence-corrected chi connectivity index (χ4v) is 3.15. The molecule has 0 aliphatic heterocycles. The van der Waals surface area contributed by atoms with Crippen LogP contribution in [0, 0.1) is 6.92 Å². The average Bonchev–Trinajstić information content (AvgIpc) is 2.74. The van der Waals surface area contributed by atoms with E-state index in [4.69, 9.17) is 21.1 Å². The topological polar surface area (TPSA) is 82.5 Å². The lowest BCUT2D eigenvalue weighted by molar-refractivity contribution is -0.137. The molecule has 3 aromatic rings. The molecule has 0 radical (unpaired) electrons. The molecule has 0 aliphatic carbocycles. The molecule has 0 saturated carbocycles. The maximum absolute atomic E-state index is 13.1. The first-order chi connectivity index (χ1) is 15.0. The zero-order valence-corrected chi connectivity index (χ0v) is 17.8. The number of carbonyl (C=O) groups is 1. The normalized spacial score (nSPS) is 11.2. The number of amides is 1. The Morgan fingerprint density at radius 3 is 2.41 bits per heavy atom. The van der Waals surface area contributed by atoms with E-state index >= 15 is 0 Å². The van der Waals surface area contributed by atoms with Gasteiger partial charge < -0.3 is 14.8 Å². The number of rotatable bonds is 5. The van der Waals surface area contributed by atoms with Crippen LogP contribution in [0.15, 0.2) is 47.3 Å². The molecule has 11 heteroatoms. The molecule has 7 nitrogen and oxygen atoms in total. The van der Waals surface area contributed by atoms with Gasteiger partial charge in [-0.2, -0.15) is 18.3 Å². The SMILES string of the molecule is COc1cc(NC(=O)c2nn(-c3cccc(C(F)(F)F)c3)c(C)cc2=O)c(OC)cc1Cl. The highest BCUT2D eigenvalue weighted by Crippen LogP contribution is 2.36. The molecule has 1 aromatic heterocycles. The molecular formula is C21H17ClF3N3O4. The second kappa shape index (κ2) is 8.91. The lowest BCUT2D eigenvalue weighted by atomic mass is 10.2. The largest absolute Gasteiger partial charge is 0.495 e. The van der Waals surface area contributed by atoms with Gasteiger partial charge in [-0.05, 0) is 25.1 Å². The zero-order chi connectivity index (χ0) is 23.6. The van der Waals surface area contributed by atoms with Crippen LogP contribution in [-0.2, 0) is 6.18 Å². The Labute approximate surface area is 185 Å². The number of nitrogens with zero attached hydrogens (tertiary/aromatic N) is 2. The smallest absolute Gasteiger partial charge is 0.416 e. The molecule has 2 aromatic carbocycles. The maximum atomic E-state index is 13.1. The summed E-state index contributed by atoms with van der Waals surface area (Å²) in [6.45, 7) is 1.49. The van der Waals surface area contributed by atoms with E-state index in [9.17, 15) is 22.8 Å². The van der Waals surface area contributed by atoms with Crippen LogP contribution in [0.25, 0.3) is 5.69 Å². The van der Waals surface area contributed by atoms with Gasteiger partial charge in [0, 0.05) is 23.9 Å². The number of aromatic nitrogens is 2. The number of nitrogens with one attached hydrogen (secondary N) is 1. The first-order valence-electron chi connectivity index (χ1n) is 9.06. The predicted octanol–water partition coefficient (Wildman–Crippen LogP) is 4.48. The van der Waals surface area contributed by atoms with Gasteiger partial charge in [0.05, 0.1) is 36.2 Å². The minimum Gasteiger partial charge on any atom is -0.495 e. The Morgan fingerprint density at radius 1 is 1.09 bits per heavy atom. The lowest BCUT2D eigenvalue weighted by Gasteiger charge is -2.15. The van der Waals surface area contributed by atoms with E-state index in [0.717, 1.165) is 22.9 Å². The van der Waals surface area contributed by atoms with E-state index in [1.807, 2.05) is 0 Å². The molecule has 0 unspecified atom stereocenters. The standard InChI is InChI=1S/C21H17ClF3N3O4/c1-11-7-16(29)19(27-28(11)13-6-4-5-12(8-13)21(23,24)25)20(30)26-15-10-17(31-2)14(22)9-18(15)32-3/h4-10H,1-3H3,(H,26,30). The summed E-state index contributed by atoms with van der Waals surface area (Å²) >= 11 is 6.05. The number of anilines is 1. The number of hydrogen-bond acceptors (Lipinski definition) is 5. The summed E-state index contributed by atoms with van der Waals surface area (Å²) in [6.07, 6.45) is -4.56. The summed E-state index contributed by atoms with van der Waals surface area (Å²) in [5, 5.41) is 6.74. The third kappa shape index (κ3) is 4.70. The van der Waals surface area contributed by atoms with Crippen LogP contribution in [0.2, 0.25) is 5.02 Å². The van der Waals surface area contributed by atoms with Crippen molar-refractivity contribution in [3.05, 3.63) is 74.7 Å². The van der Waals surface area contributed by atoms with Crippen LogP contribution < -0.4 is 20.2 Å². The average molecular weight is 468 g/mol. The number of halogens is 4. The molecule has 1 heterocycles. The molecule has 3 rings (SSSR count). The highest BCUT2D eigenvalue weighted by molar-refractivity contribution is 6.32. The van der Waals surface area contributed by atoms with Crippen LogP contribution in [0.3, 0.4) is 0 Å². The van der Waals surface area contributed by atoms with E-state index in [-0.39, 0.29) is 33.6 Å². The van der Waals surface area contributed by atoms with Gasteiger partial charge in [0.25, 0.3) is 5.91 Å². The first-order valence-corrected chi connectivity index (χ1v) is 9.44. The summed E-state index contributed by atoms with van der Waals surface area (Å²) in [5.41, 5.74) is -1.68. The van der Waals surface area contributed by atoms with Crippen molar-refractivity contribution < 1.29 is 27.4 Å². The van der Waals surface area contributed by atoms with Gasteiger partial charge in [-0.25, -0.2) is 4.68 Å². The minimum absolute atomic E-state index is 0.0390. The van der Waals surface area contributed by atoms with Gasteiger partial charge in [-0.15, -0.1) is 0 Å². The highest BCUT2D eigenvalue weighted by atomic mass is 35.5. The summed E-state index contributed by atoms with van der Waals surface area (Å²) in [7, 11) is 2.74. The van der Waals surface area contributed by atoms with Gasteiger partial charge in [-0.3, -0.25) is 9.59 Å². The van der Waals surface area contributed by atoms with Gasteiger partial charge in [-0.1, -0.05) is 17.7 Å². The first kappa shape index (κ1) is 23.1. The number of benzene rings is 2. The molecule has 1 N–H and O–H groups in total. The van der Waals surface area contributed by atoms with Crippen LogP contribution in [-0.4, -0.2) is 29.9 Å². The molecule has 0 fully saturated rings. The fourth-order valence-electron chi connectivity index (χ4n) is 2.92. The van der Waals surface area contributed by atoms with E-state index in [1.54, 1.807) is 0 Å². The fraction of sp³-hybridized carbons (Fsp3) is 0.190. The van der Waals surface area contributed by atoms with Crippen molar-refractivity contribution in [2.24, 2.45) is 0 Å². The monoisotopic (exact) mass is 467 g/mol. The Kier molecular flexibility index (Phi) is 6.45. The number of methoxy groups -OCH3 is 2. The van der Waals surface area contributed by atoms with E-state index < -0.39 is 28.8 Å². The number of carbonyl (C=O) groups excluding carboxylic acids is 1. The predicted molar refractivity (Wildman–Crippen MR) is 112 cm³/mol.